The Morgan fingerprint density at radius 2 is 1.88 bits per heavy atom. The first kappa shape index (κ1) is 16.7. The quantitative estimate of drug-likeness (QED) is 0.511. The monoisotopic (exact) mass is 337 g/mol. The van der Waals surface area contributed by atoms with E-state index in [1.807, 2.05) is 50.2 Å². The summed E-state index contributed by atoms with van der Waals surface area (Å²) in [5.74, 6) is 0.980. The number of aromatic nitrogens is 3. The molecule has 0 spiro atoms. The first-order valence-corrected chi connectivity index (χ1v) is 7.98. The molecule has 0 atom stereocenters. The van der Waals surface area contributed by atoms with Crippen LogP contribution in [0.15, 0.2) is 54.7 Å². The van der Waals surface area contributed by atoms with E-state index in [0.29, 0.717) is 18.0 Å². The smallest absolute Gasteiger partial charge is 0.339 e. The molecule has 0 aliphatic carbocycles. The Balaban J connectivity index is 1.53. The zero-order chi connectivity index (χ0) is 17.6. The molecule has 0 fully saturated rings. The maximum Gasteiger partial charge on any atom is 0.339 e. The van der Waals surface area contributed by atoms with Gasteiger partial charge in [0.05, 0.1) is 11.3 Å². The Morgan fingerprint density at radius 1 is 1.08 bits per heavy atom. The van der Waals surface area contributed by atoms with Crippen molar-refractivity contribution in [2.75, 3.05) is 13.2 Å². The molecule has 0 saturated carbocycles. The van der Waals surface area contributed by atoms with Crippen LogP contribution in [0.3, 0.4) is 0 Å². The van der Waals surface area contributed by atoms with E-state index in [4.69, 9.17) is 9.47 Å². The number of para-hydroxylation sites is 1. The van der Waals surface area contributed by atoms with Gasteiger partial charge in [0.2, 0.25) is 0 Å². The van der Waals surface area contributed by atoms with Gasteiger partial charge in [0.15, 0.2) is 5.82 Å². The summed E-state index contributed by atoms with van der Waals surface area (Å²) in [7, 11) is 0. The summed E-state index contributed by atoms with van der Waals surface area (Å²) < 4.78 is 12.4. The van der Waals surface area contributed by atoms with Crippen molar-refractivity contribution in [1.29, 1.82) is 0 Å². The Hall–Kier alpha value is -3.15. The average Bonchev–Trinajstić information content (AvgIpc) is 2.98. The molecule has 0 aliphatic rings. The number of carbonyl (C=O) groups excluding carboxylic acids is 1. The van der Waals surface area contributed by atoms with Crippen LogP contribution in [-0.4, -0.2) is 33.9 Å². The highest BCUT2D eigenvalue weighted by Gasteiger charge is 2.10. The van der Waals surface area contributed by atoms with Crippen LogP contribution in [-0.2, 0) is 4.74 Å². The molecule has 0 radical (unpaired) electrons. The van der Waals surface area contributed by atoms with Crippen molar-refractivity contribution < 1.29 is 14.3 Å². The third-order valence-electron chi connectivity index (χ3n) is 3.54. The second-order valence-electron chi connectivity index (χ2n) is 5.54. The van der Waals surface area contributed by atoms with Crippen LogP contribution in [0, 0.1) is 13.8 Å². The molecule has 2 aromatic heterocycles. The third-order valence-corrected chi connectivity index (χ3v) is 3.54. The van der Waals surface area contributed by atoms with Gasteiger partial charge in [-0.2, -0.15) is 5.10 Å². The molecule has 25 heavy (non-hydrogen) atoms. The van der Waals surface area contributed by atoms with Gasteiger partial charge in [-0.15, -0.1) is 0 Å². The average molecular weight is 337 g/mol. The van der Waals surface area contributed by atoms with Crippen LogP contribution in [0.2, 0.25) is 0 Å². The summed E-state index contributed by atoms with van der Waals surface area (Å²) in [5.41, 5.74) is 2.30. The molecular weight excluding hydrogens is 318 g/mol. The van der Waals surface area contributed by atoms with Crippen LogP contribution in [0.1, 0.15) is 21.7 Å². The van der Waals surface area contributed by atoms with Gasteiger partial charge < -0.3 is 9.47 Å². The molecule has 0 bridgehead atoms. The number of benzene rings is 1. The van der Waals surface area contributed by atoms with E-state index in [2.05, 4.69) is 10.1 Å². The van der Waals surface area contributed by atoms with E-state index in [1.165, 1.54) is 6.20 Å². The minimum absolute atomic E-state index is 0.174. The predicted octanol–water partition coefficient (Wildman–Crippen LogP) is 3.12. The van der Waals surface area contributed by atoms with E-state index in [9.17, 15) is 4.79 Å². The number of esters is 1. The number of rotatable bonds is 6. The lowest BCUT2D eigenvalue weighted by Crippen LogP contribution is -2.13. The molecule has 1 aromatic carbocycles. The number of pyridine rings is 1. The van der Waals surface area contributed by atoms with Crippen molar-refractivity contribution in [2.24, 2.45) is 0 Å². The van der Waals surface area contributed by atoms with Crippen LogP contribution in [0.25, 0.3) is 5.82 Å². The highest BCUT2D eigenvalue weighted by atomic mass is 16.6. The summed E-state index contributed by atoms with van der Waals surface area (Å²) in [4.78, 5) is 16.3. The molecule has 0 saturated heterocycles. The largest absolute Gasteiger partial charge is 0.490 e. The van der Waals surface area contributed by atoms with Crippen LogP contribution >= 0.6 is 0 Å². The van der Waals surface area contributed by atoms with Crippen molar-refractivity contribution in [1.82, 2.24) is 14.8 Å². The molecule has 6 nitrogen and oxygen atoms in total. The van der Waals surface area contributed by atoms with Gasteiger partial charge in [0, 0.05) is 11.9 Å². The first-order chi connectivity index (χ1) is 12.1. The lowest BCUT2D eigenvalue weighted by molar-refractivity contribution is 0.0450. The number of hydrogen-bond acceptors (Lipinski definition) is 5. The Kier molecular flexibility index (Phi) is 5.09. The summed E-state index contributed by atoms with van der Waals surface area (Å²) in [6.07, 6.45) is 1.49. The van der Waals surface area contributed by atoms with Gasteiger partial charge in [-0.3, -0.25) is 0 Å². The second kappa shape index (κ2) is 7.61. The molecule has 6 heteroatoms. The number of carbonyl (C=O) groups is 1. The van der Waals surface area contributed by atoms with E-state index >= 15 is 0 Å². The molecule has 0 unspecified atom stereocenters. The van der Waals surface area contributed by atoms with Gasteiger partial charge in [-0.25, -0.2) is 14.5 Å². The summed E-state index contributed by atoms with van der Waals surface area (Å²) in [6.45, 7) is 4.35. The van der Waals surface area contributed by atoms with E-state index in [-0.39, 0.29) is 6.61 Å². The molecule has 0 N–H and O–H groups in total. The molecule has 3 rings (SSSR count). The van der Waals surface area contributed by atoms with E-state index in [1.54, 1.807) is 16.8 Å². The minimum Gasteiger partial charge on any atom is -0.490 e. The van der Waals surface area contributed by atoms with Gasteiger partial charge in [-0.05, 0) is 44.2 Å². The molecule has 0 aliphatic heterocycles. The molecule has 3 aromatic rings. The van der Waals surface area contributed by atoms with Crippen molar-refractivity contribution in [3.63, 3.8) is 0 Å². The normalized spacial score (nSPS) is 10.5. The number of nitrogens with zero attached hydrogens (tertiary/aromatic N) is 3. The van der Waals surface area contributed by atoms with E-state index < -0.39 is 5.97 Å². The number of hydrogen-bond donors (Lipinski definition) is 0. The Bertz CT molecular complexity index is 842. The highest BCUT2D eigenvalue weighted by molar-refractivity contribution is 5.89. The molecule has 0 amide bonds. The highest BCUT2D eigenvalue weighted by Crippen LogP contribution is 2.11. The fraction of sp³-hybridized carbons (Fsp3) is 0.211. The van der Waals surface area contributed by atoms with Crippen molar-refractivity contribution in [3.8, 4) is 11.6 Å². The predicted molar refractivity (Wildman–Crippen MR) is 93.1 cm³/mol. The maximum atomic E-state index is 12.0. The van der Waals surface area contributed by atoms with Gasteiger partial charge in [0.25, 0.3) is 0 Å². The van der Waals surface area contributed by atoms with Crippen molar-refractivity contribution >= 4 is 5.97 Å². The summed E-state index contributed by atoms with van der Waals surface area (Å²) in [5, 5.41) is 4.37. The standard InChI is InChI=1S/C19H19N3O3/c1-14-12-15(2)22(21-14)18-9-8-16(13-20-18)19(23)25-11-10-24-17-6-4-3-5-7-17/h3-9,12-13H,10-11H2,1-2H3. The molecule has 128 valence electrons. The lowest BCUT2D eigenvalue weighted by atomic mass is 10.3. The first-order valence-electron chi connectivity index (χ1n) is 7.98. The number of ether oxygens (including phenoxy) is 2. The maximum absolute atomic E-state index is 12.0. The second-order valence-corrected chi connectivity index (χ2v) is 5.54. The van der Waals surface area contributed by atoms with Gasteiger partial charge >= 0.3 is 5.97 Å². The lowest BCUT2D eigenvalue weighted by Gasteiger charge is -2.08. The summed E-state index contributed by atoms with van der Waals surface area (Å²) in [6, 6.07) is 14.8. The fourth-order valence-corrected chi connectivity index (χ4v) is 2.39. The molecule has 2 heterocycles. The van der Waals surface area contributed by atoms with E-state index in [0.717, 1.165) is 17.1 Å². The number of aryl methyl sites for hydroxylation is 2. The fourth-order valence-electron chi connectivity index (χ4n) is 2.39. The van der Waals surface area contributed by atoms with Crippen LogP contribution < -0.4 is 4.74 Å². The summed E-state index contributed by atoms with van der Waals surface area (Å²) >= 11 is 0. The SMILES string of the molecule is Cc1cc(C)n(-c2ccc(C(=O)OCCOc3ccccc3)cn2)n1. The zero-order valence-electron chi connectivity index (χ0n) is 14.2. The zero-order valence-corrected chi connectivity index (χ0v) is 14.2. The van der Waals surface area contributed by atoms with Crippen molar-refractivity contribution in [2.45, 2.75) is 13.8 Å². The third kappa shape index (κ3) is 4.23. The Labute approximate surface area is 146 Å². The van der Waals surface area contributed by atoms with Crippen LogP contribution in [0.4, 0.5) is 0 Å². The Morgan fingerprint density at radius 3 is 2.52 bits per heavy atom. The van der Waals surface area contributed by atoms with Gasteiger partial charge in [-0.1, -0.05) is 18.2 Å². The minimum atomic E-state index is -0.427. The van der Waals surface area contributed by atoms with Crippen molar-refractivity contribution in [3.05, 3.63) is 71.7 Å². The molecular formula is C19H19N3O3. The van der Waals surface area contributed by atoms with Gasteiger partial charge in [0.1, 0.15) is 19.0 Å². The van der Waals surface area contributed by atoms with Crippen LogP contribution in [0.5, 0.6) is 5.75 Å². The topological polar surface area (TPSA) is 66.2 Å².